The van der Waals surface area contributed by atoms with Gasteiger partial charge in [0.2, 0.25) is 5.91 Å². The van der Waals surface area contributed by atoms with Crippen LogP contribution >= 0.6 is 11.6 Å². The van der Waals surface area contributed by atoms with Crippen LogP contribution in [0.3, 0.4) is 0 Å². The summed E-state index contributed by atoms with van der Waals surface area (Å²) in [5.41, 5.74) is 6.55. The Labute approximate surface area is 128 Å². The van der Waals surface area contributed by atoms with E-state index in [-0.39, 0.29) is 18.4 Å². The molecule has 1 unspecified atom stereocenters. The normalized spacial score (nSPS) is 12.5. The van der Waals surface area contributed by atoms with E-state index >= 15 is 0 Å². The van der Waals surface area contributed by atoms with Gasteiger partial charge in [0, 0.05) is 5.69 Å². The van der Waals surface area contributed by atoms with Crippen molar-refractivity contribution in [2.75, 3.05) is 24.6 Å². The molecule has 1 amide bonds. The third-order valence-corrected chi connectivity index (χ3v) is 3.32. The van der Waals surface area contributed by atoms with E-state index in [4.69, 9.17) is 22.4 Å². The fourth-order valence-corrected chi connectivity index (χ4v) is 2.40. The van der Waals surface area contributed by atoms with Gasteiger partial charge in [0.25, 0.3) is 0 Å². The number of carboxylic acids is 1. The van der Waals surface area contributed by atoms with Gasteiger partial charge in [0.15, 0.2) is 0 Å². The first-order valence-electron chi connectivity index (χ1n) is 6.50. The number of aliphatic carboxylic acids is 1. The summed E-state index contributed by atoms with van der Waals surface area (Å²) in [6.45, 7) is 3.49. The molecule has 0 fully saturated rings. The van der Waals surface area contributed by atoms with Gasteiger partial charge < -0.3 is 16.2 Å². The number of carboxylic acid groups (broad SMARTS) is 1. The number of carbonyl (C=O) groups excluding carboxylic acids is 1. The molecule has 7 heteroatoms. The summed E-state index contributed by atoms with van der Waals surface area (Å²) in [6, 6.07) is 4.22. The fourth-order valence-electron chi connectivity index (χ4n) is 2.16. The zero-order valence-electron chi connectivity index (χ0n) is 12.3. The molecular weight excluding hydrogens is 294 g/mol. The monoisotopic (exact) mass is 313 g/mol. The molecule has 0 aliphatic carbocycles. The number of amides is 1. The smallest absolute Gasteiger partial charge is 0.317 e. The molecule has 0 heterocycles. The average molecular weight is 314 g/mol. The molecule has 0 saturated heterocycles. The summed E-state index contributed by atoms with van der Waals surface area (Å²) in [7, 11) is 1.60. The number of likely N-dealkylation sites (N-methyl/N-ethyl adjacent to an activating group) is 1. The van der Waals surface area contributed by atoms with Gasteiger partial charge in [-0.2, -0.15) is 0 Å². The first kappa shape index (κ1) is 17.3. The molecule has 1 aromatic carbocycles. The number of benzene rings is 1. The molecule has 21 heavy (non-hydrogen) atoms. The Hall–Kier alpha value is -1.79. The van der Waals surface area contributed by atoms with E-state index in [1.807, 2.05) is 13.8 Å². The lowest BCUT2D eigenvalue weighted by Gasteiger charge is -2.28. The van der Waals surface area contributed by atoms with Gasteiger partial charge in [-0.05, 0) is 31.2 Å². The minimum Gasteiger partial charge on any atom is -0.480 e. The lowest BCUT2D eigenvalue weighted by Crippen LogP contribution is -2.47. The molecule has 0 saturated carbocycles. The second kappa shape index (κ2) is 7.28. The standard InChI is InChI=1S/C14H20ClN3O3/c1-8(2)13(18(3)7-12(19)20)14(21)17-11-5-4-9(16)6-10(11)15/h4-6,8,13H,7,16H2,1-3H3,(H,17,21)(H,19,20). The van der Waals surface area contributed by atoms with Crippen LogP contribution in [0.4, 0.5) is 11.4 Å². The first-order valence-corrected chi connectivity index (χ1v) is 6.88. The van der Waals surface area contributed by atoms with Crippen LogP contribution in [0.25, 0.3) is 0 Å². The maximum atomic E-state index is 12.4. The number of halogens is 1. The summed E-state index contributed by atoms with van der Waals surface area (Å²) in [5.74, 6) is -1.34. The molecule has 0 aliphatic rings. The highest BCUT2D eigenvalue weighted by molar-refractivity contribution is 6.34. The molecule has 0 spiro atoms. The molecule has 0 radical (unpaired) electrons. The number of anilines is 2. The van der Waals surface area contributed by atoms with Crippen LogP contribution in [0.2, 0.25) is 5.02 Å². The van der Waals surface area contributed by atoms with E-state index in [2.05, 4.69) is 5.32 Å². The molecule has 0 bridgehead atoms. The van der Waals surface area contributed by atoms with Crippen molar-refractivity contribution < 1.29 is 14.7 Å². The van der Waals surface area contributed by atoms with E-state index < -0.39 is 12.0 Å². The van der Waals surface area contributed by atoms with Gasteiger partial charge in [-0.15, -0.1) is 0 Å². The van der Waals surface area contributed by atoms with Gasteiger partial charge in [-0.3, -0.25) is 14.5 Å². The predicted octanol–water partition coefficient (Wildman–Crippen LogP) is 1.90. The Morgan fingerprint density at radius 2 is 2.05 bits per heavy atom. The second-order valence-electron chi connectivity index (χ2n) is 5.23. The van der Waals surface area contributed by atoms with Gasteiger partial charge in [0.1, 0.15) is 0 Å². The Kier molecular flexibility index (Phi) is 5.99. The summed E-state index contributed by atoms with van der Waals surface area (Å²) < 4.78 is 0. The van der Waals surface area contributed by atoms with Crippen molar-refractivity contribution in [2.24, 2.45) is 5.92 Å². The predicted molar refractivity (Wildman–Crippen MR) is 83.4 cm³/mol. The first-order chi connectivity index (χ1) is 9.72. The van der Waals surface area contributed by atoms with Crippen molar-refractivity contribution in [1.82, 2.24) is 4.90 Å². The molecule has 6 nitrogen and oxygen atoms in total. The van der Waals surface area contributed by atoms with Crippen LogP contribution in [-0.4, -0.2) is 41.5 Å². The zero-order chi connectivity index (χ0) is 16.2. The molecule has 4 N–H and O–H groups in total. The van der Waals surface area contributed by atoms with Crippen LogP contribution in [0, 0.1) is 5.92 Å². The Morgan fingerprint density at radius 1 is 1.43 bits per heavy atom. The lowest BCUT2D eigenvalue weighted by atomic mass is 10.0. The quantitative estimate of drug-likeness (QED) is 0.697. The summed E-state index contributed by atoms with van der Waals surface area (Å²) in [5, 5.41) is 11.9. The highest BCUT2D eigenvalue weighted by Gasteiger charge is 2.28. The molecule has 1 atom stereocenters. The van der Waals surface area contributed by atoms with Crippen molar-refractivity contribution >= 4 is 34.9 Å². The van der Waals surface area contributed by atoms with Crippen molar-refractivity contribution in [2.45, 2.75) is 19.9 Å². The van der Waals surface area contributed by atoms with E-state index in [0.717, 1.165) is 0 Å². The van der Waals surface area contributed by atoms with Crippen molar-refractivity contribution in [3.05, 3.63) is 23.2 Å². The number of hydrogen-bond donors (Lipinski definition) is 3. The number of nitrogen functional groups attached to an aromatic ring is 1. The number of nitrogens with one attached hydrogen (secondary N) is 1. The van der Waals surface area contributed by atoms with Crippen LogP contribution < -0.4 is 11.1 Å². The van der Waals surface area contributed by atoms with E-state index in [0.29, 0.717) is 16.4 Å². The number of rotatable bonds is 6. The van der Waals surface area contributed by atoms with Crippen LogP contribution in [-0.2, 0) is 9.59 Å². The Bertz CT molecular complexity index is 534. The maximum Gasteiger partial charge on any atom is 0.317 e. The molecular formula is C14H20ClN3O3. The van der Waals surface area contributed by atoms with Crippen molar-refractivity contribution in [3.63, 3.8) is 0 Å². The average Bonchev–Trinajstić information content (AvgIpc) is 2.31. The van der Waals surface area contributed by atoms with Crippen molar-refractivity contribution in [1.29, 1.82) is 0 Å². The van der Waals surface area contributed by atoms with Gasteiger partial charge in [-0.25, -0.2) is 0 Å². The van der Waals surface area contributed by atoms with Crippen LogP contribution in [0.15, 0.2) is 18.2 Å². The summed E-state index contributed by atoms with van der Waals surface area (Å²) >= 11 is 6.02. The summed E-state index contributed by atoms with van der Waals surface area (Å²) in [4.78, 5) is 24.7. The molecule has 1 rings (SSSR count). The van der Waals surface area contributed by atoms with Crippen LogP contribution in [0.5, 0.6) is 0 Å². The third kappa shape index (κ3) is 4.91. The second-order valence-corrected chi connectivity index (χ2v) is 5.63. The third-order valence-electron chi connectivity index (χ3n) is 3.01. The number of hydrogen-bond acceptors (Lipinski definition) is 4. The maximum absolute atomic E-state index is 12.4. The number of carbonyl (C=O) groups is 2. The lowest BCUT2D eigenvalue weighted by molar-refractivity contribution is -0.139. The highest BCUT2D eigenvalue weighted by atomic mass is 35.5. The molecule has 0 aromatic heterocycles. The number of nitrogens with zero attached hydrogens (tertiary/aromatic N) is 1. The van der Waals surface area contributed by atoms with Gasteiger partial charge in [0.05, 0.1) is 23.3 Å². The molecule has 116 valence electrons. The zero-order valence-corrected chi connectivity index (χ0v) is 13.0. The van der Waals surface area contributed by atoms with E-state index in [1.165, 1.54) is 4.90 Å². The van der Waals surface area contributed by atoms with Crippen molar-refractivity contribution in [3.8, 4) is 0 Å². The Balaban J connectivity index is 2.89. The molecule has 0 aliphatic heterocycles. The number of nitrogens with two attached hydrogens (primary N) is 1. The fraction of sp³-hybridized carbons (Fsp3) is 0.429. The minimum atomic E-state index is -0.985. The van der Waals surface area contributed by atoms with E-state index in [9.17, 15) is 9.59 Å². The van der Waals surface area contributed by atoms with Crippen LogP contribution in [0.1, 0.15) is 13.8 Å². The Morgan fingerprint density at radius 3 is 2.52 bits per heavy atom. The van der Waals surface area contributed by atoms with E-state index in [1.54, 1.807) is 25.2 Å². The van der Waals surface area contributed by atoms with Gasteiger partial charge >= 0.3 is 5.97 Å². The summed E-state index contributed by atoms with van der Waals surface area (Å²) in [6.07, 6.45) is 0. The largest absolute Gasteiger partial charge is 0.480 e. The SMILES string of the molecule is CC(C)C(C(=O)Nc1ccc(N)cc1Cl)N(C)CC(=O)O. The minimum absolute atomic E-state index is 0.0538. The molecule has 1 aromatic rings. The highest BCUT2D eigenvalue weighted by Crippen LogP contribution is 2.25. The topological polar surface area (TPSA) is 95.7 Å². The van der Waals surface area contributed by atoms with Gasteiger partial charge in [-0.1, -0.05) is 25.4 Å².